The molecule has 2 aromatic rings. The third kappa shape index (κ3) is 4.64. The highest BCUT2D eigenvalue weighted by Gasteiger charge is 2.10. The first-order valence-electron chi connectivity index (χ1n) is 7.58. The molecule has 5 heteroatoms. The van der Waals surface area contributed by atoms with Gasteiger partial charge in [0, 0.05) is 19.8 Å². The van der Waals surface area contributed by atoms with Gasteiger partial charge >= 0.3 is 0 Å². The van der Waals surface area contributed by atoms with Crippen LogP contribution in [0.2, 0.25) is 0 Å². The van der Waals surface area contributed by atoms with Crippen molar-refractivity contribution < 1.29 is 9.53 Å². The second-order valence-corrected chi connectivity index (χ2v) is 5.51. The SMILES string of the molecule is CCc1ccc(OCC(=O)Nc2cc(N)ccc2N(C)C)cc1. The Labute approximate surface area is 137 Å². The minimum absolute atomic E-state index is 0.0485. The third-order valence-electron chi connectivity index (χ3n) is 3.48. The molecule has 0 saturated heterocycles. The standard InChI is InChI=1S/C18H23N3O2/c1-4-13-5-8-15(9-6-13)23-12-18(22)20-16-11-14(19)7-10-17(16)21(2)3/h5-11H,4,12,19H2,1-3H3,(H,20,22). The van der Waals surface area contributed by atoms with Crippen molar-refractivity contribution >= 4 is 23.0 Å². The Morgan fingerprint density at radius 3 is 2.48 bits per heavy atom. The van der Waals surface area contributed by atoms with Crippen molar-refractivity contribution in [2.45, 2.75) is 13.3 Å². The van der Waals surface area contributed by atoms with Gasteiger partial charge in [-0.1, -0.05) is 19.1 Å². The van der Waals surface area contributed by atoms with Crippen LogP contribution in [0.5, 0.6) is 5.75 Å². The van der Waals surface area contributed by atoms with E-state index in [-0.39, 0.29) is 12.5 Å². The first-order chi connectivity index (χ1) is 11.0. The number of nitrogens with two attached hydrogens (primary N) is 1. The molecule has 0 radical (unpaired) electrons. The molecule has 0 fully saturated rings. The van der Waals surface area contributed by atoms with Crippen molar-refractivity contribution in [3.8, 4) is 5.75 Å². The molecule has 23 heavy (non-hydrogen) atoms. The van der Waals surface area contributed by atoms with Gasteiger partial charge in [-0.2, -0.15) is 0 Å². The van der Waals surface area contributed by atoms with Crippen LogP contribution in [-0.4, -0.2) is 26.6 Å². The van der Waals surface area contributed by atoms with Crippen LogP contribution in [0.15, 0.2) is 42.5 Å². The molecule has 0 spiro atoms. The fourth-order valence-electron chi connectivity index (χ4n) is 2.20. The molecule has 2 rings (SSSR count). The lowest BCUT2D eigenvalue weighted by Crippen LogP contribution is -2.22. The van der Waals surface area contributed by atoms with E-state index in [0.717, 1.165) is 12.1 Å². The number of amides is 1. The number of aryl methyl sites for hydroxylation is 1. The molecule has 3 N–H and O–H groups in total. The van der Waals surface area contributed by atoms with Crippen LogP contribution in [0.3, 0.4) is 0 Å². The molecule has 1 amide bonds. The van der Waals surface area contributed by atoms with Gasteiger partial charge in [0.15, 0.2) is 6.61 Å². The van der Waals surface area contributed by atoms with Gasteiger partial charge in [-0.05, 0) is 42.3 Å². The van der Waals surface area contributed by atoms with Crippen LogP contribution in [0.25, 0.3) is 0 Å². The van der Waals surface area contributed by atoms with E-state index >= 15 is 0 Å². The van der Waals surface area contributed by atoms with E-state index in [1.807, 2.05) is 49.3 Å². The van der Waals surface area contributed by atoms with Crippen LogP contribution in [0.4, 0.5) is 17.1 Å². The van der Waals surface area contributed by atoms with Gasteiger partial charge in [0.05, 0.1) is 11.4 Å². The van der Waals surface area contributed by atoms with E-state index in [1.54, 1.807) is 12.1 Å². The van der Waals surface area contributed by atoms with Gasteiger partial charge in [0.2, 0.25) is 0 Å². The molecule has 0 unspecified atom stereocenters. The number of hydrogen-bond donors (Lipinski definition) is 2. The summed E-state index contributed by atoms with van der Waals surface area (Å²) >= 11 is 0. The van der Waals surface area contributed by atoms with Crippen molar-refractivity contribution in [3.63, 3.8) is 0 Å². The third-order valence-corrected chi connectivity index (χ3v) is 3.48. The number of hydrogen-bond acceptors (Lipinski definition) is 4. The fourth-order valence-corrected chi connectivity index (χ4v) is 2.20. The number of carbonyl (C=O) groups is 1. The van der Waals surface area contributed by atoms with Gasteiger partial charge < -0.3 is 20.7 Å². The average Bonchev–Trinajstić information content (AvgIpc) is 2.53. The molecule has 0 atom stereocenters. The number of anilines is 3. The summed E-state index contributed by atoms with van der Waals surface area (Å²) in [6.07, 6.45) is 0.976. The van der Waals surface area contributed by atoms with Crippen LogP contribution in [-0.2, 0) is 11.2 Å². The molecule has 0 aliphatic carbocycles. The summed E-state index contributed by atoms with van der Waals surface area (Å²) in [6, 6.07) is 13.1. The number of nitrogen functional groups attached to an aromatic ring is 1. The minimum atomic E-state index is -0.224. The number of carbonyl (C=O) groups excluding carboxylic acids is 1. The highest BCUT2D eigenvalue weighted by molar-refractivity contribution is 5.96. The molecule has 0 aliphatic rings. The van der Waals surface area contributed by atoms with E-state index in [4.69, 9.17) is 10.5 Å². The van der Waals surface area contributed by atoms with E-state index < -0.39 is 0 Å². The van der Waals surface area contributed by atoms with Crippen molar-refractivity contribution in [3.05, 3.63) is 48.0 Å². The largest absolute Gasteiger partial charge is 0.484 e. The summed E-state index contributed by atoms with van der Waals surface area (Å²) < 4.78 is 5.51. The number of rotatable bonds is 6. The predicted octanol–water partition coefficient (Wildman–Crippen LogP) is 2.91. The first kappa shape index (κ1) is 16.7. The molecule has 5 nitrogen and oxygen atoms in total. The fraction of sp³-hybridized carbons (Fsp3) is 0.278. The van der Waals surface area contributed by atoms with Gasteiger partial charge in [0.25, 0.3) is 5.91 Å². The highest BCUT2D eigenvalue weighted by Crippen LogP contribution is 2.26. The molecule has 0 bridgehead atoms. The van der Waals surface area contributed by atoms with E-state index in [0.29, 0.717) is 17.1 Å². The molecule has 0 aromatic heterocycles. The minimum Gasteiger partial charge on any atom is -0.484 e. The zero-order valence-electron chi connectivity index (χ0n) is 13.8. The van der Waals surface area contributed by atoms with Crippen LogP contribution in [0, 0.1) is 0 Å². The van der Waals surface area contributed by atoms with Crippen molar-refractivity contribution in [1.29, 1.82) is 0 Å². The summed E-state index contributed by atoms with van der Waals surface area (Å²) in [5.74, 6) is 0.455. The summed E-state index contributed by atoms with van der Waals surface area (Å²) in [5, 5.41) is 2.84. The highest BCUT2D eigenvalue weighted by atomic mass is 16.5. The van der Waals surface area contributed by atoms with Gasteiger partial charge in [0.1, 0.15) is 5.75 Å². The number of nitrogens with zero attached hydrogens (tertiary/aromatic N) is 1. The summed E-state index contributed by atoms with van der Waals surface area (Å²) in [5.41, 5.74) is 9.19. The second-order valence-electron chi connectivity index (χ2n) is 5.51. The van der Waals surface area contributed by atoms with E-state index in [9.17, 15) is 4.79 Å². The Hall–Kier alpha value is -2.69. The summed E-state index contributed by atoms with van der Waals surface area (Å²) in [4.78, 5) is 14.0. The molecular formula is C18H23N3O2. The Kier molecular flexibility index (Phi) is 5.46. The zero-order valence-corrected chi connectivity index (χ0v) is 13.8. The second kappa shape index (κ2) is 7.54. The lowest BCUT2D eigenvalue weighted by molar-refractivity contribution is -0.118. The monoisotopic (exact) mass is 313 g/mol. The molecule has 0 aliphatic heterocycles. The normalized spacial score (nSPS) is 10.2. The van der Waals surface area contributed by atoms with E-state index in [2.05, 4.69) is 12.2 Å². The predicted molar refractivity (Wildman–Crippen MR) is 95.1 cm³/mol. The molecule has 2 aromatic carbocycles. The summed E-state index contributed by atoms with van der Waals surface area (Å²) in [6.45, 7) is 2.05. The number of ether oxygens (including phenoxy) is 1. The van der Waals surface area contributed by atoms with Crippen molar-refractivity contribution in [1.82, 2.24) is 0 Å². The molecule has 122 valence electrons. The van der Waals surface area contributed by atoms with Gasteiger partial charge in [-0.3, -0.25) is 4.79 Å². The van der Waals surface area contributed by atoms with Crippen molar-refractivity contribution in [2.24, 2.45) is 0 Å². The maximum absolute atomic E-state index is 12.1. The van der Waals surface area contributed by atoms with Crippen LogP contribution in [0.1, 0.15) is 12.5 Å². The molecular weight excluding hydrogens is 290 g/mol. The van der Waals surface area contributed by atoms with E-state index in [1.165, 1.54) is 5.56 Å². The Bertz CT molecular complexity index is 666. The average molecular weight is 313 g/mol. The van der Waals surface area contributed by atoms with Crippen LogP contribution < -0.4 is 20.7 Å². The lowest BCUT2D eigenvalue weighted by atomic mass is 10.2. The number of benzene rings is 2. The quantitative estimate of drug-likeness (QED) is 0.805. The first-order valence-corrected chi connectivity index (χ1v) is 7.58. The zero-order chi connectivity index (χ0) is 16.8. The Morgan fingerprint density at radius 1 is 1.17 bits per heavy atom. The van der Waals surface area contributed by atoms with Crippen LogP contribution >= 0.6 is 0 Å². The Balaban J connectivity index is 1.98. The Morgan fingerprint density at radius 2 is 1.87 bits per heavy atom. The maximum atomic E-state index is 12.1. The topological polar surface area (TPSA) is 67.6 Å². The van der Waals surface area contributed by atoms with Gasteiger partial charge in [-0.25, -0.2) is 0 Å². The summed E-state index contributed by atoms with van der Waals surface area (Å²) in [7, 11) is 3.82. The number of nitrogens with one attached hydrogen (secondary N) is 1. The van der Waals surface area contributed by atoms with Gasteiger partial charge in [-0.15, -0.1) is 0 Å². The smallest absolute Gasteiger partial charge is 0.262 e. The lowest BCUT2D eigenvalue weighted by Gasteiger charge is -2.18. The molecule has 0 heterocycles. The van der Waals surface area contributed by atoms with Crippen molar-refractivity contribution in [2.75, 3.05) is 36.7 Å². The molecule has 0 saturated carbocycles. The maximum Gasteiger partial charge on any atom is 0.262 e.